The van der Waals surface area contributed by atoms with Crippen molar-refractivity contribution >= 4 is 11.4 Å². The second-order valence-corrected chi connectivity index (χ2v) is 3.91. The second kappa shape index (κ2) is 3.08. The molecule has 1 atom stereocenters. The monoisotopic (exact) mass is 192 g/mol. The highest BCUT2D eigenvalue weighted by Crippen LogP contribution is 2.37. The summed E-state index contributed by atoms with van der Waals surface area (Å²) in [7, 11) is 0. The Morgan fingerprint density at radius 3 is 2.93 bits per heavy atom. The third-order valence-corrected chi connectivity index (χ3v) is 2.69. The smallest absolute Gasteiger partial charge is 0.143 e. The lowest BCUT2D eigenvalue weighted by atomic mass is 10.0. The average Bonchev–Trinajstić information content (AvgIpc) is 2.14. The van der Waals surface area contributed by atoms with Gasteiger partial charge in [0, 0.05) is 5.69 Å². The maximum absolute atomic E-state index is 5.95. The number of fused-ring (bicyclic) bond motifs is 1. The van der Waals surface area contributed by atoms with Crippen LogP contribution >= 0.6 is 0 Å². The van der Waals surface area contributed by atoms with Gasteiger partial charge in [0.25, 0.3) is 0 Å². The standard InChI is InChI=1S/C11H16N2O/c1-6-4-9-11(8(3)10(6)12)13-5-7(2)14-9/h4,7,13H,5,12H2,1-3H3. The minimum atomic E-state index is 0.227. The minimum Gasteiger partial charge on any atom is -0.487 e. The predicted octanol–water partition coefficient (Wildman–Crippen LogP) is 2.08. The van der Waals surface area contributed by atoms with Gasteiger partial charge in [-0.2, -0.15) is 0 Å². The van der Waals surface area contributed by atoms with Crippen LogP contribution in [0, 0.1) is 13.8 Å². The summed E-state index contributed by atoms with van der Waals surface area (Å²) in [6.07, 6.45) is 0.227. The Morgan fingerprint density at radius 2 is 2.21 bits per heavy atom. The van der Waals surface area contributed by atoms with Gasteiger partial charge in [-0.05, 0) is 38.0 Å². The fraction of sp³-hybridized carbons (Fsp3) is 0.455. The summed E-state index contributed by atoms with van der Waals surface area (Å²) in [6.45, 7) is 6.92. The molecule has 3 heteroatoms. The molecule has 0 saturated heterocycles. The lowest BCUT2D eigenvalue weighted by Crippen LogP contribution is -2.28. The van der Waals surface area contributed by atoms with E-state index in [2.05, 4.69) is 12.2 Å². The number of rotatable bonds is 0. The molecule has 0 aromatic heterocycles. The van der Waals surface area contributed by atoms with Crippen LogP contribution in [0.25, 0.3) is 0 Å². The van der Waals surface area contributed by atoms with Crippen molar-refractivity contribution in [1.82, 2.24) is 0 Å². The molecule has 2 rings (SSSR count). The Balaban J connectivity index is 2.54. The van der Waals surface area contributed by atoms with E-state index >= 15 is 0 Å². The van der Waals surface area contributed by atoms with E-state index in [4.69, 9.17) is 10.5 Å². The van der Waals surface area contributed by atoms with Gasteiger partial charge >= 0.3 is 0 Å². The summed E-state index contributed by atoms with van der Waals surface area (Å²) < 4.78 is 5.73. The van der Waals surface area contributed by atoms with Gasteiger partial charge in [-0.3, -0.25) is 0 Å². The third kappa shape index (κ3) is 1.29. The van der Waals surface area contributed by atoms with Crippen LogP contribution in [0.5, 0.6) is 5.75 Å². The topological polar surface area (TPSA) is 47.3 Å². The molecule has 14 heavy (non-hydrogen) atoms. The van der Waals surface area contributed by atoms with E-state index in [9.17, 15) is 0 Å². The fourth-order valence-electron chi connectivity index (χ4n) is 1.78. The van der Waals surface area contributed by atoms with Crippen LogP contribution in [0.2, 0.25) is 0 Å². The molecule has 0 aliphatic carbocycles. The molecule has 3 nitrogen and oxygen atoms in total. The molecule has 1 aliphatic heterocycles. The molecule has 1 unspecified atom stereocenters. The van der Waals surface area contributed by atoms with Crippen LogP contribution in [0.4, 0.5) is 11.4 Å². The molecule has 3 N–H and O–H groups in total. The lowest BCUT2D eigenvalue weighted by Gasteiger charge is -2.27. The molecular weight excluding hydrogens is 176 g/mol. The minimum absolute atomic E-state index is 0.227. The van der Waals surface area contributed by atoms with Crippen molar-refractivity contribution in [2.24, 2.45) is 0 Å². The van der Waals surface area contributed by atoms with Gasteiger partial charge in [0.1, 0.15) is 11.9 Å². The van der Waals surface area contributed by atoms with Crippen LogP contribution in [0.1, 0.15) is 18.1 Å². The summed E-state index contributed by atoms with van der Waals surface area (Å²) in [5, 5.41) is 3.34. The Labute approximate surface area is 84.3 Å². The van der Waals surface area contributed by atoms with E-state index in [1.807, 2.05) is 19.9 Å². The van der Waals surface area contributed by atoms with E-state index in [1.54, 1.807) is 0 Å². The van der Waals surface area contributed by atoms with Crippen molar-refractivity contribution in [2.45, 2.75) is 26.9 Å². The predicted molar refractivity (Wildman–Crippen MR) is 58.9 cm³/mol. The number of anilines is 2. The van der Waals surface area contributed by atoms with Gasteiger partial charge in [0.05, 0.1) is 12.2 Å². The molecule has 0 saturated carbocycles. The van der Waals surface area contributed by atoms with Gasteiger partial charge in [-0.25, -0.2) is 0 Å². The molecule has 0 fully saturated rings. The Morgan fingerprint density at radius 1 is 1.50 bits per heavy atom. The highest BCUT2D eigenvalue weighted by Gasteiger charge is 2.19. The SMILES string of the molecule is Cc1cc2c(c(C)c1N)NCC(C)O2. The number of nitrogens with one attached hydrogen (secondary N) is 1. The zero-order valence-electron chi connectivity index (χ0n) is 8.85. The van der Waals surface area contributed by atoms with E-state index in [1.165, 1.54) is 0 Å². The molecule has 0 amide bonds. The van der Waals surface area contributed by atoms with Crippen LogP contribution in [-0.2, 0) is 0 Å². The van der Waals surface area contributed by atoms with E-state index in [0.29, 0.717) is 0 Å². The normalized spacial score (nSPS) is 19.5. The van der Waals surface area contributed by atoms with Crippen LogP contribution in [-0.4, -0.2) is 12.6 Å². The largest absolute Gasteiger partial charge is 0.487 e. The van der Waals surface area contributed by atoms with E-state index < -0.39 is 0 Å². The fourth-order valence-corrected chi connectivity index (χ4v) is 1.78. The third-order valence-electron chi connectivity index (χ3n) is 2.69. The summed E-state index contributed by atoms with van der Waals surface area (Å²) in [5.41, 5.74) is 10.0. The van der Waals surface area contributed by atoms with Crippen molar-refractivity contribution in [1.29, 1.82) is 0 Å². The number of hydrogen-bond donors (Lipinski definition) is 2. The molecule has 1 aromatic rings. The van der Waals surface area contributed by atoms with Gasteiger partial charge in [-0.15, -0.1) is 0 Å². The molecule has 0 spiro atoms. The first kappa shape index (κ1) is 9.19. The molecule has 0 radical (unpaired) electrons. The Bertz CT molecular complexity index is 374. The van der Waals surface area contributed by atoms with Gasteiger partial charge in [0.2, 0.25) is 0 Å². The van der Waals surface area contributed by atoms with Crippen LogP contribution in [0.3, 0.4) is 0 Å². The summed E-state index contributed by atoms with van der Waals surface area (Å²) in [5.74, 6) is 0.924. The van der Waals surface area contributed by atoms with Crippen molar-refractivity contribution in [3.63, 3.8) is 0 Å². The maximum atomic E-state index is 5.95. The number of ether oxygens (including phenoxy) is 1. The second-order valence-electron chi connectivity index (χ2n) is 3.91. The molecule has 1 aromatic carbocycles. The molecule has 0 bridgehead atoms. The average molecular weight is 192 g/mol. The van der Waals surface area contributed by atoms with Crippen LogP contribution in [0.15, 0.2) is 6.07 Å². The Hall–Kier alpha value is -1.38. The zero-order valence-corrected chi connectivity index (χ0v) is 8.85. The zero-order chi connectivity index (χ0) is 10.3. The van der Waals surface area contributed by atoms with Gasteiger partial charge in [-0.1, -0.05) is 0 Å². The van der Waals surface area contributed by atoms with Crippen molar-refractivity contribution in [3.8, 4) is 5.75 Å². The molecule has 1 heterocycles. The summed E-state index contributed by atoms with van der Waals surface area (Å²) >= 11 is 0. The number of nitrogen functional groups attached to an aromatic ring is 1. The molecule has 76 valence electrons. The number of aryl methyl sites for hydroxylation is 1. The first-order valence-corrected chi connectivity index (χ1v) is 4.90. The number of nitrogens with two attached hydrogens (primary N) is 1. The quantitative estimate of drug-likeness (QED) is 0.619. The highest BCUT2D eigenvalue weighted by atomic mass is 16.5. The first-order chi connectivity index (χ1) is 6.59. The Kier molecular flexibility index (Phi) is 2.02. The number of hydrogen-bond acceptors (Lipinski definition) is 3. The number of benzene rings is 1. The van der Waals surface area contributed by atoms with Gasteiger partial charge < -0.3 is 15.8 Å². The highest BCUT2D eigenvalue weighted by molar-refractivity contribution is 5.73. The van der Waals surface area contributed by atoms with Crippen LogP contribution < -0.4 is 15.8 Å². The summed E-state index contributed by atoms with van der Waals surface area (Å²) in [6, 6.07) is 2.00. The van der Waals surface area contributed by atoms with E-state index in [0.717, 1.165) is 34.8 Å². The lowest BCUT2D eigenvalue weighted by molar-refractivity contribution is 0.226. The van der Waals surface area contributed by atoms with Crippen molar-refractivity contribution in [3.05, 3.63) is 17.2 Å². The van der Waals surface area contributed by atoms with Crippen molar-refractivity contribution in [2.75, 3.05) is 17.6 Å². The molecular formula is C11H16N2O. The first-order valence-electron chi connectivity index (χ1n) is 4.90. The molecule has 1 aliphatic rings. The maximum Gasteiger partial charge on any atom is 0.143 e. The summed E-state index contributed by atoms with van der Waals surface area (Å²) in [4.78, 5) is 0. The van der Waals surface area contributed by atoms with Crippen molar-refractivity contribution < 1.29 is 4.74 Å². The van der Waals surface area contributed by atoms with Gasteiger partial charge in [0.15, 0.2) is 0 Å². The van der Waals surface area contributed by atoms with E-state index in [-0.39, 0.29) is 6.10 Å².